The highest BCUT2D eigenvalue weighted by Gasteiger charge is 2.21. The van der Waals surface area contributed by atoms with E-state index in [0.717, 1.165) is 23.4 Å². The first-order valence-corrected chi connectivity index (χ1v) is 10.2. The van der Waals surface area contributed by atoms with Crippen LogP contribution in [-0.2, 0) is 6.42 Å². The van der Waals surface area contributed by atoms with E-state index in [9.17, 15) is 4.79 Å². The van der Waals surface area contributed by atoms with Gasteiger partial charge in [-0.25, -0.2) is 0 Å². The standard InChI is InChI=1S/C26H30N2O/c1-18(2)19(3)23-16-21(15-20-11-7-5-8-12-20)17-24(25(23)27-4)26(29)28-22-13-9-6-10-14-22/h5-14,16-19,27H,15H2,1-4H3,(H,28,29). The predicted molar refractivity (Wildman–Crippen MR) is 123 cm³/mol. The minimum absolute atomic E-state index is 0.0901. The lowest BCUT2D eigenvalue weighted by atomic mass is 9.85. The van der Waals surface area contributed by atoms with Gasteiger partial charge in [0.05, 0.1) is 11.3 Å². The quantitative estimate of drug-likeness (QED) is 0.498. The van der Waals surface area contributed by atoms with Crippen LogP contribution in [0.2, 0.25) is 0 Å². The number of carbonyl (C=O) groups excluding carboxylic acids is 1. The second kappa shape index (κ2) is 9.42. The van der Waals surface area contributed by atoms with Gasteiger partial charge in [0.25, 0.3) is 5.91 Å². The van der Waals surface area contributed by atoms with Crippen LogP contribution in [0.5, 0.6) is 0 Å². The summed E-state index contributed by atoms with van der Waals surface area (Å²) in [5.41, 5.74) is 5.97. The molecule has 1 unspecified atom stereocenters. The van der Waals surface area contributed by atoms with Crippen molar-refractivity contribution < 1.29 is 4.79 Å². The number of para-hydroxylation sites is 1. The predicted octanol–water partition coefficient (Wildman–Crippen LogP) is 6.33. The summed E-state index contributed by atoms with van der Waals surface area (Å²) in [6.07, 6.45) is 0.800. The SMILES string of the molecule is CNc1c(C(=O)Nc2ccccc2)cc(Cc2ccccc2)cc1C(C)C(C)C. The summed E-state index contributed by atoms with van der Waals surface area (Å²) in [5.74, 6) is 0.711. The molecule has 3 heteroatoms. The Bertz CT molecular complexity index is 949. The van der Waals surface area contributed by atoms with Crippen LogP contribution in [0.15, 0.2) is 72.8 Å². The Balaban J connectivity index is 2.05. The van der Waals surface area contributed by atoms with E-state index in [4.69, 9.17) is 0 Å². The second-order valence-electron chi connectivity index (χ2n) is 7.87. The van der Waals surface area contributed by atoms with E-state index in [-0.39, 0.29) is 5.91 Å². The summed E-state index contributed by atoms with van der Waals surface area (Å²) in [7, 11) is 1.89. The van der Waals surface area contributed by atoms with E-state index < -0.39 is 0 Å². The highest BCUT2D eigenvalue weighted by molar-refractivity contribution is 6.08. The lowest BCUT2D eigenvalue weighted by Gasteiger charge is -2.23. The molecule has 0 saturated heterocycles. The third kappa shape index (κ3) is 5.05. The number of anilines is 2. The van der Waals surface area contributed by atoms with Crippen molar-refractivity contribution in [2.75, 3.05) is 17.7 Å². The Morgan fingerprint density at radius 1 is 0.862 bits per heavy atom. The fourth-order valence-corrected chi connectivity index (χ4v) is 3.56. The van der Waals surface area contributed by atoms with Crippen molar-refractivity contribution in [1.29, 1.82) is 0 Å². The van der Waals surface area contributed by atoms with Gasteiger partial charge in [-0.3, -0.25) is 4.79 Å². The maximum atomic E-state index is 13.2. The van der Waals surface area contributed by atoms with Crippen LogP contribution >= 0.6 is 0 Å². The minimum atomic E-state index is -0.0901. The molecule has 0 fully saturated rings. The molecular formula is C26H30N2O. The lowest BCUT2D eigenvalue weighted by Crippen LogP contribution is -2.17. The van der Waals surface area contributed by atoms with Crippen molar-refractivity contribution >= 4 is 17.3 Å². The Labute approximate surface area is 174 Å². The number of hydrogen-bond donors (Lipinski definition) is 2. The molecule has 0 aliphatic carbocycles. The normalized spacial score (nSPS) is 11.9. The second-order valence-corrected chi connectivity index (χ2v) is 7.87. The Kier molecular flexibility index (Phi) is 6.71. The van der Waals surface area contributed by atoms with Crippen LogP contribution in [0.25, 0.3) is 0 Å². The molecule has 29 heavy (non-hydrogen) atoms. The van der Waals surface area contributed by atoms with Gasteiger partial charge in [0.1, 0.15) is 0 Å². The first-order valence-electron chi connectivity index (χ1n) is 10.2. The van der Waals surface area contributed by atoms with E-state index in [2.05, 4.69) is 61.7 Å². The third-order valence-corrected chi connectivity index (χ3v) is 5.50. The van der Waals surface area contributed by atoms with Gasteiger partial charge in [0.15, 0.2) is 0 Å². The molecule has 0 aliphatic heterocycles. The van der Waals surface area contributed by atoms with Gasteiger partial charge in [-0.05, 0) is 53.1 Å². The highest BCUT2D eigenvalue weighted by atomic mass is 16.1. The molecule has 0 heterocycles. The van der Waals surface area contributed by atoms with Crippen molar-refractivity contribution in [3.63, 3.8) is 0 Å². The number of carbonyl (C=O) groups is 1. The fourth-order valence-electron chi connectivity index (χ4n) is 3.56. The molecule has 1 atom stereocenters. The molecule has 0 saturated carbocycles. The molecule has 2 N–H and O–H groups in total. The number of hydrogen-bond acceptors (Lipinski definition) is 2. The van der Waals surface area contributed by atoms with Crippen molar-refractivity contribution in [3.05, 3.63) is 95.1 Å². The van der Waals surface area contributed by atoms with Crippen LogP contribution in [-0.4, -0.2) is 13.0 Å². The number of nitrogens with one attached hydrogen (secondary N) is 2. The summed E-state index contributed by atoms with van der Waals surface area (Å²) in [6.45, 7) is 6.67. The largest absolute Gasteiger partial charge is 0.387 e. The molecule has 3 nitrogen and oxygen atoms in total. The van der Waals surface area contributed by atoms with Crippen molar-refractivity contribution in [2.24, 2.45) is 5.92 Å². The van der Waals surface area contributed by atoms with Crippen LogP contribution in [0, 0.1) is 5.92 Å². The summed E-state index contributed by atoms with van der Waals surface area (Å²) in [4.78, 5) is 13.2. The van der Waals surface area contributed by atoms with E-state index in [0.29, 0.717) is 17.4 Å². The van der Waals surface area contributed by atoms with E-state index >= 15 is 0 Å². The van der Waals surface area contributed by atoms with Gasteiger partial charge in [-0.2, -0.15) is 0 Å². The lowest BCUT2D eigenvalue weighted by molar-refractivity contribution is 0.102. The van der Waals surface area contributed by atoms with Crippen molar-refractivity contribution in [2.45, 2.75) is 33.1 Å². The van der Waals surface area contributed by atoms with Gasteiger partial charge < -0.3 is 10.6 Å². The molecule has 0 spiro atoms. The zero-order valence-corrected chi connectivity index (χ0v) is 17.7. The van der Waals surface area contributed by atoms with Gasteiger partial charge in [-0.1, -0.05) is 75.4 Å². The maximum absolute atomic E-state index is 13.2. The average molecular weight is 387 g/mol. The number of benzene rings is 3. The summed E-state index contributed by atoms with van der Waals surface area (Å²) in [6, 6.07) is 24.3. The molecule has 0 aliphatic rings. The molecule has 0 aromatic heterocycles. The molecule has 0 radical (unpaired) electrons. The van der Waals surface area contributed by atoms with Crippen LogP contribution in [0.4, 0.5) is 11.4 Å². The Morgan fingerprint density at radius 2 is 1.48 bits per heavy atom. The highest BCUT2D eigenvalue weighted by Crippen LogP contribution is 2.34. The summed E-state index contributed by atoms with van der Waals surface area (Å²) < 4.78 is 0. The van der Waals surface area contributed by atoms with E-state index in [1.807, 2.05) is 49.5 Å². The zero-order chi connectivity index (χ0) is 20.8. The molecule has 3 aromatic carbocycles. The van der Waals surface area contributed by atoms with Gasteiger partial charge in [0, 0.05) is 12.7 Å². The smallest absolute Gasteiger partial charge is 0.257 e. The average Bonchev–Trinajstić information content (AvgIpc) is 2.74. The minimum Gasteiger partial charge on any atom is -0.387 e. The zero-order valence-electron chi connectivity index (χ0n) is 17.7. The summed E-state index contributed by atoms with van der Waals surface area (Å²) in [5, 5.41) is 6.34. The Morgan fingerprint density at radius 3 is 2.07 bits per heavy atom. The van der Waals surface area contributed by atoms with E-state index in [1.54, 1.807) is 0 Å². The van der Waals surface area contributed by atoms with Crippen LogP contribution in [0.1, 0.15) is 53.7 Å². The molecule has 150 valence electrons. The van der Waals surface area contributed by atoms with E-state index in [1.165, 1.54) is 11.1 Å². The molecule has 3 rings (SSSR count). The third-order valence-electron chi connectivity index (χ3n) is 5.50. The number of rotatable bonds is 7. The van der Waals surface area contributed by atoms with Crippen LogP contribution < -0.4 is 10.6 Å². The van der Waals surface area contributed by atoms with Crippen LogP contribution in [0.3, 0.4) is 0 Å². The van der Waals surface area contributed by atoms with Gasteiger partial charge >= 0.3 is 0 Å². The van der Waals surface area contributed by atoms with Gasteiger partial charge in [0.2, 0.25) is 0 Å². The molecule has 0 bridgehead atoms. The summed E-state index contributed by atoms with van der Waals surface area (Å²) >= 11 is 0. The molecule has 3 aromatic rings. The fraction of sp³-hybridized carbons (Fsp3) is 0.269. The number of amides is 1. The maximum Gasteiger partial charge on any atom is 0.257 e. The van der Waals surface area contributed by atoms with Crippen molar-refractivity contribution in [1.82, 2.24) is 0 Å². The van der Waals surface area contributed by atoms with Gasteiger partial charge in [-0.15, -0.1) is 0 Å². The first kappa shape index (κ1) is 20.7. The topological polar surface area (TPSA) is 41.1 Å². The Hall–Kier alpha value is -3.07. The molecular weight excluding hydrogens is 356 g/mol. The molecule has 1 amide bonds. The van der Waals surface area contributed by atoms with Crippen molar-refractivity contribution in [3.8, 4) is 0 Å². The monoisotopic (exact) mass is 386 g/mol. The first-order chi connectivity index (χ1) is 14.0.